The average Bonchev–Trinajstić information content (AvgIpc) is 2.43. The molecule has 0 bridgehead atoms. The van der Waals surface area contributed by atoms with Crippen LogP contribution in [0.4, 0.5) is 0 Å². The molecule has 3 unspecified atom stereocenters. The molecule has 4 heteroatoms. The number of aliphatic carboxylic acids is 1. The first-order chi connectivity index (χ1) is 8.99. The summed E-state index contributed by atoms with van der Waals surface area (Å²) in [7, 11) is 1.64. The molecule has 0 heterocycles. The van der Waals surface area contributed by atoms with Crippen molar-refractivity contribution in [2.45, 2.75) is 26.2 Å². The molecule has 0 aliphatic carbocycles. The molecule has 0 aromatic heterocycles. The van der Waals surface area contributed by atoms with Crippen LogP contribution in [0, 0.1) is 11.8 Å². The van der Waals surface area contributed by atoms with Crippen LogP contribution < -0.4 is 10.5 Å². The Balaban J connectivity index is 2.75. The minimum atomic E-state index is -0.813. The van der Waals surface area contributed by atoms with Gasteiger partial charge in [-0.25, -0.2) is 0 Å². The molecule has 0 amide bonds. The Morgan fingerprint density at radius 2 is 2.11 bits per heavy atom. The normalized spacial score (nSPS) is 15.6. The quantitative estimate of drug-likeness (QED) is 0.794. The van der Waals surface area contributed by atoms with E-state index in [1.807, 2.05) is 24.3 Å². The zero-order valence-electron chi connectivity index (χ0n) is 11.8. The maximum atomic E-state index is 11.0. The first-order valence-electron chi connectivity index (χ1n) is 6.56. The SMILES string of the molecule is COc1cccc(C(C)C(C)CC(CN)C(=O)O)c1. The molecule has 0 fully saturated rings. The van der Waals surface area contributed by atoms with Crippen molar-refractivity contribution in [3.63, 3.8) is 0 Å². The summed E-state index contributed by atoms with van der Waals surface area (Å²) in [6, 6.07) is 7.90. The van der Waals surface area contributed by atoms with E-state index in [4.69, 9.17) is 15.6 Å². The highest BCUT2D eigenvalue weighted by Crippen LogP contribution is 2.30. The first-order valence-corrected chi connectivity index (χ1v) is 6.56. The van der Waals surface area contributed by atoms with E-state index in [2.05, 4.69) is 13.8 Å². The van der Waals surface area contributed by atoms with Crippen LogP contribution in [0.5, 0.6) is 5.75 Å². The van der Waals surface area contributed by atoms with Crippen molar-refractivity contribution in [2.75, 3.05) is 13.7 Å². The molecule has 3 atom stereocenters. The van der Waals surface area contributed by atoms with Crippen molar-refractivity contribution in [1.29, 1.82) is 0 Å². The lowest BCUT2D eigenvalue weighted by atomic mass is 9.83. The second kappa shape index (κ2) is 7.14. The predicted molar refractivity (Wildman–Crippen MR) is 75.4 cm³/mol. The van der Waals surface area contributed by atoms with Crippen molar-refractivity contribution in [3.05, 3.63) is 29.8 Å². The smallest absolute Gasteiger partial charge is 0.307 e. The number of methoxy groups -OCH3 is 1. The van der Waals surface area contributed by atoms with Crippen LogP contribution in [0.2, 0.25) is 0 Å². The van der Waals surface area contributed by atoms with Gasteiger partial charge in [-0.2, -0.15) is 0 Å². The van der Waals surface area contributed by atoms with Gasteiger partial charge < -0.3 is 15.6 Å². The van der Waals surface area contributed by atoms with Crippen LogP contribution in [0.15, 0.2) is 24.3 Å². The van der Waals surface area contributed by atoms with Gasteiger partial charge in [-0.3, -0.25) is 4.79 Å². The summed E-state index contributed by atoms with van der Waals surface area (Å²) in [4.78, 5) is 11.0. The summed E-state index contributed by atoms with van der Waals surface area (Å²) in [5.74, 6) is 0.0562. The Labute approximate surface area is 114 Å². The van der Waals surface area contributed by atoms with Gasteiger partial charge >= 0.3 is 5.97 Å². The summed E-state index contributed by atoms with van der Waals surface area (Å²) in [5, 5.41) is 9.06. The lowest BCUT2D eigenvalue weighted by Gasteiger charge is -2.23. The zero-order valence-corrected chi connectivity index (χ0v) is 11.8. The molecular formula is C15H23NO3. The Kier molecular flexibility index (Phi) is 5.83. The Hall–Kier alpha value is -1.55. The van der Waals surface area contributed by atoms with Crippen molar-refractivity contribution in [1.82, 2.24) is 0 Å². The third-order valence-corrected chi connectivity index (χ3v) is 3.76. The Bertz CT molecular complexity index is 420. The van der Waals surface area contributed by atoms with Gasteiger partial charge in [0.05, 0.1) is 13.0 Å². The van der Waals surface area contributed by atoms with Crippen LogP contribution in [0.3, 0.4) is 0 Å². The fraction of sp³-hybridized carbons (Fsp3) is 0.533. The van der Waals surface area contributed by atoms with Gasteiger partial charge in [-0.15, -0.1) is 0 Å². The summed E-state index contributed by atoms with van der Waals surface area (Å²) >= 11 is 0. The van der Waals surface area contributed by atoms with Gasteiger partial charge in [0.1, 0.15) is 5.75 Å². The van der Waals surface area contributed by atoms with E-state index >= 15 is 0 Å². The van der Waals surface area contributed by atoms with Crippen molar-refractivity contribution >= 4 is 5.97 Å². The highest BCUT2D eigenvalue weighted by atomic mass is 16.5. The Morgan fingerprint density at radius 3 is 2.63 bits per heavy atom. The largest absolute Gasteiger partial charge is 0.497 e. The first kappa shape index (κ1) is 15.5. The van der Waals surface area contributed by atoms with Crippen molar-refractivity contribution < 1.29 is 14.6 Å². The second-order valence-corrected chi connectivity index (χ2v) is 5.05. The minimum Gasteiger partial charge on any atom is -0.497 e. The third kappa shape index (κ3) is 4.24. The van der Waals surface area contributed by atoms with Crippen molar-refractivity contribution in [2.24, 2.45) is 17.6 Å². The Morgan fingerprint density at radius 1 is 1.42 bits per heavy atom. The number of carboxylic acids is 1. The number of ether oxygens (including phenoxy) is 1. The van der Waals surface area contributed by atoms with Crippen molar-refractivity contribution in [3.8, 4) is 5.75 Å². The van der Waals surface area contributed by atoms with Gasteiger partial charge in [0, 0.05) is 6.54 Å². The maximum Gasteiger partial charge on any atom is 0.307 e. The molecule has 1 rings (SSSR count). The van der Waals surface area contributed by atoms with Crippen LogP contribution in [0.25, 0.3) is 0 Å². The van der Waals surface area contributed by atoms with Crippen LogP contribution >= 0.6 is 0 Å². The van der Waals surface area contributed by atoms with Gasteiger partial charge in [0.25, 0.3) is 0 Å². The number of rotatable bonds is 7. The standard InChI is InChI=1S/C15H23NO3/c1-10(7-13(9-16)15(17)18)11(2)12-5-4-6-14(8-12)19-3/h4-6,8,10-11,13H,7,9,16H2,1-3H3,(H,17,18). The van der Waals surface area contributed by atoms with Gasteiger partial charge in [0.15, 0.2) is 0 Å². The molecule has 4 nitrogen and oxygen atoms in total. The highest BCUT2D eigenvalue weighted by Gasteiger charge is 2.23. The predicted octanol–water partition coefficient (Wildman–Crippen LogP) is 2.48. The number of nitrogens with two attached hydrogens (primary N) is 1. The molecule has 1 aromatic rings. The molecule has 0 radical (unpaired) electrons. The van der Waals surface area contributed by atoms with E-state index in [9.17, 15) is 4.79 Å². The average molecular weight is 265 g/mol. The molecule has 0 aliphatic heterocycles. The van der Waals surface area contributed by atoms with E-state index in [0.29, 0.717) is 6.42 Å². The molecule has 0 spiro atoms. The second-order valence-electron chi connectivity index (χ2n) is 5.05. The number of benzene rings is 1. The summed E-state index contributed by atoms with van der Waals surface area (Å²) in [6.07, 6.45) is 0.588. The number of hydrogen-bond acceptors (Lipinski definition) is 3. The summed E-state index contributed by atoms with van der Waals surface area (Å²) in [6.45, 7) is 4.36. The van der Waals surface area contributed by atoms with E-state index in [0.717, 1.165) is 11.3 Å². The van der Waals surface area contributed by atoms with E-state index in [-0.39, 0.29) is 18.4 Å². The van der Waals surface area contributed by atoms with Crippen LogP contribution in [-0.4, -0.2) is 24.7 Å². The van der Waals surface area contributed by atoms with E-state index in [1.165, 1.54) is 0 Å². The molecule has 106 valence electrons. The topological polar surface area (TPSA) is 72.5 Å². The minimum absolute atomic E-state index is 0.185. The molecule has 3 N–H and O–H groups in total. The maximum absolute atomic E-state index is 11.0. The molecular weight excluding hydrogens is 242 g/mol. The highest BCUT2D eigenvalue weighted by molar-refractivity contribution is 5.70. The number of hydrogen-bond donors (Lipinski definition) is 2. The van der Waals surface area contributed by atoms with Gasteiger partial charge in [0.2, 0.25) is 0 Å². The fourth-order valence-corrected chi connectivity index (χ4v) is 2.20. The van der Waals surface area contributed by atoms with E-state index in [1.54, 1.807) is 7.11 Å². The lowest BCUT2D eigenvalue weighted by molar-refractivity contribution is -0.142. The van der Waals surface area contributed by atoms with E-state index < -0.39 is 11.9 Å². The van der Waals surface area contributed by atoms with Gasteiger partial charge in [-0.05, 0) is 36.0 Å². The zero-order chi connectivity index (χ0) is 14.4. The van der Waals surface area contributed by atoms with Crippen LogP contribution in [-0.2, 0) is 4.79 Å². The van der Waals surface area contributed by atoms with Gasteiger partial charge in [-0.1, -0.05) is 26.0 Å². The number of carbonyl (C=O) groups is 1. The molecule has 1 aromatic carbocycles. The fourth-order valence-electron chi connectivity index (χ4n) is 2.20. The molecule has 19 heavy (non-hydrogen) atoms. The molecule has 0 saturated carbocycles. The number of carboxylic acid groups (broad SMARTS) is 1. The molecule has 0 aliphatic rings. The third-order valence-electron chi connectivity index (χ3n) is 3.76. The summed E-state index contributed by atoms with van der Waals surface area (Å²) in [5.41, 5.74) is 6.67. The monoisotopic (exact) mass is 265 g/mol. The van der Waals surface area contributed by atoms with Crippen LogP contribution in [0.1, 0.15) is 31.7 Å². The summed E-state index contributed by atoms with van der Waals surface area (Å²) < 4.78 is 5.21. The molecule has 0 saturated heterocycles. The lowest BCUT2D eigenvalue weighted by Crippen LogP contribution is -2.26.